The van der Waals surface area contributed by atoms with Gasteiger partial charge in [-0.15, -0.1) is 0 Å². The first kappa shape index (κ1) is 18.6. The number of aryl methyl sites for hydroxylation is 2. The average molecular weight is 383 g/mol. The predicted molar refractivity (Wildman–Crippen MR) is 117 cm³/mol. The third-order valence-corrected chi connectivity index (χ3v) is 4.92. The standard InChI is InChI=1S/C24H21N3O2/c1-15-8-10-22-18(12-15)13-20(16(2)26-22)24(28)27-25-14-21-19-7-5-4-6-17(19)9-11-23(21)29-3/h4-14H,1-3H3,(H,27,28)/b25-14-. The lowest BCUT2D eigenvalue weighted by atomic mass is 10.0. The molecule has 1 N–H and O–H groups in total. The van der Waals surface area contributed by atoms with E-state index in [-0.39, 0.29) is 5.91 Å². The summed E-state index contributed by atoms with van der Waals surface area (Å²) in [6, 6.07) is 19.7. The zero-order valence-electron chi connectivity index (χ0n) is 16.6. The van der Waals surface area contributed by atoms with Gasteiger partial charge in [-0.25, -0.2) is 5.43 Å². The van der Waals surface area contributed by atoms with Gasteiger partial charge in [0.15, 0.2) is 0 Å². The van der Waals surface area contributed by atoms with Gasteiger partial charge in [0.05, 0.1) is 30.1 Å². The van der Waals surface area contributed by atoms with Crippen molar-refractivity contribution in [3.63, 3.8) is 0 Å². The average Bonchev–Trinajstić information content (AvgIpc) is 2.73. The zero-order chi connectivity index (χ0) is 20.4. The summed E-state index contributed by atoms with van der Waals surface area (Å²) in [5.74, 6) is 0.398. The number of nitrogens with zero attached hydrogens (tertiary/aromatic N) is 2. The van der Waals surface area contributed by atoms with Crippen molar-refractivity contribution in [3.05, 3.63) is 83.0 Å². The second-order valence-corrected chi connectivity index (χ2v) is 6.92. The van der Waals surface area contributed by atoms with Gasteiger partial charge in [-0.3, -0.25) is 9.78 Å². The molecule has 0 unspecified atom stereocenters. The molecule has 0 aliphatic carbocycles. The molecule has 3 aromatic carbocycles. The molecule has 1 amide bonds. The SMILES string of the molecule is COc1ccc2ccccc2c1/C=N\NC(=O)c1cc2cc(C)ccc2nc1C. The highest BCUT2D eigenvalue weighted by molar-refractivity contribution is 6.03. The minimum absolute atomic E-state index is 0.297. The number of hydrazone groups is 1. The van der Waals surface area contributed by atoms with Gasteiger partial charge in [0.1, 0.15) is 5.75 Å². The number of carbonyl (C=O) groups is 1. The van der Waals surface area contributed by atoms with Crippen LogP contribution in [-0.4, -0.2) is 24.2 Å². The van der Waals surface area contributed by atoms with E-state index in [9.17, 15) is 4.79 Å². The molecule has 0 atom stereocenters. The number of amides is 1. The number of hydrogen-bond donors (Lipinski definition) is 1. The topological polar surface area (TPSA) is 63.6 Å². The van der Waals surface area contributed by atoms with Crippen molar-refractivity contribution in [2.45, 2.75) is 13.8 Å². The fourth-order valence-corrected chi connectivity index (χ4v) is 3.42. The van der Waals surface area contributed by atoms with Crippen LogP contribution in [0, 0.1) is 13.8 Å². The number of benzene rings is 3. The fraction of sp³-hybridized carbons (Fsp3) is 0.125. The monoisotopic (exact) mass is 383 g/mol. The highest BCUT2D eigenvalue weighted by Gasteiger charge is 2.12. The Kier molecular flexibility index (Phi) is 4.96. The Hall–Kier alpha value is -3.73. The molecule has 0 spiro atoms. The van der Waals surface area contributed by atoms with Crippen molar-refractivity contribution >= 4 is 33.8 Å². The van der Waals surface area contributed by atoms with Crippen molar-refractivity contribution < 1.29 is 9.53 Å². The van der Waals surface area contributed by atoms with Gasteiger partial charge in [-0.05, 0) is 48.9 Å². The molecular weight excluding hydrogens is 362 g/mol. The first-order chi connectivity index (χ1) is 14.1. The molecule has 5 heteroatoms. The van der Waals surface area contributed by atoms with Crippen LogP contribution in [0.2, 0.25) is 0 Å². The van der Waals surface area contributed by atoms with Crippen molar-refractivity contribution in [2.75, 3.05) is 7.11 Å². The Morgan fingerprint density at radius 3 is 2.69 bits per heavy atom. The van der Waals surface area contributed by atoms with Gasteiger partial charge in [-0.1, -0.05) is 42.0 Å². The van der Waals surface area contributed by atoms with E-state index in [1.807, 2.05) is 74.5 Å². The van der Waals surface area contributed by atoms with Crippen molar-refractivity contribution in [2.24, 2.45) is 5.10 Å². The lowest BCUT2D eigenvalue weighted by Gasteiger charge is -2.09. The summed E-state index contributed by atoms with van der Waals surface area (Å²) in [6.45, 7) is 3.84. The van der Waals surface area contributed by atoms with E-state index in [1.54, 1.807) is 13.3 Å². The summed E-state index contributed by atoms with van der Waals surface area (Å²) < 4.78 is 5.46. The summed E-state index contributed by atoms with van der Waals surface area (Å²) in [6.07, 6.45) is 1.62. The van der Waals surface area contributed by atoms with E-state index in [2.05, 4.69) is 15.5 Å². The highest BCUT2D eigenvalue weighted by Crippen LogP contribution is 2.26. The molecule has 0 radical (unpaired) electrons. The Morgan fingerprint density at radius 2 is 1.86 bits per heavy atom. The van der Waals surface area contributed by atoms with Crippen molar-refractivity contribution in [1.29, 1.82) is 0 Å². The summed E-state index contributed by atoms with van der Waals surface area (Å²) >= 11 is 0. The molecule has 29 heavy (non-hydrogen) atoms. The molecule has 0 bridgehead atoms. The largest absolute Gasteiger partial charge is 0.496 e. The van der Waals surface area contributed by atoms with Crippen LogP contribution in [0.1, 0.15) is 27.2 Å². The van der Waals surface area contributed by atoms with Gasteiger partial charge in [0.2, 0.25) is 0 Å². The second kappa shape index (κ2) is 7.72. The van der Waals surface area contributed by atoms with E-state index < -0.39 is 0 Å². The minimum atomic E-state index is -0.297. The third kappa shape index (κ3) is 3.67. The van der Waals surface area contributed by atoms with Crippen LogP contribution in [0.15, 0.2) is 65.8 Å². The first-order valence-corrected chi connectivity index (χ1v) is 9.34. The molecule has 1 aromatic heterocycles. The number of rotatable bonds is 4. The molecule has 0 saturated carbocycles. The fourth-order valence-electron chi connectivity index (χ4n) is 3.42. The molecule has 5 nitrogen and oxygen atoms in total. The summed E-state index contributed by atoms with van der Waals surface area (Å²) in [4.78, 5) is 17.2. The molecule has 144 valence electrons. The smallest absolute Gasteiger partial charge is 0.273 e. The Morgan fingerprint density at radius 1 is 1.03 bits per heavy atom. The second-order valence-electron chi connectivity index (χ2n) is 6.92. The Balaban J connectivity index is 1.64. The molecule has 0 aliphatic rings. The number of ether oxygens (including phenoxy) is 1. The first-order valence-electron chi connectivity index (χ1n) is 9.34. The van der Waals surface area contributed by atoms with Crippen LogP contribution >= 0.6 is 0 Å². The zero-order valence-corrected chi connectivity index (χ0v) is 16.6. The van der Waals surface area contributed by atoms with Gasteiger partial charge in [-0.2, -0.15) is 5.10 Å². The third-order valence-electron chi connectivity index (χ3n) is 4.92. The van der Waals surface area contributed by atoms with Gasteiger partial charge in [0.25, 0.3) is 5.91 Å². The number of methoxy groups -OCH3 is 1. The van der Waals surface area contributed by atoms with Gasteiger partial charge >= 0.3 is 0 Å². The molecule has 0 aliphatic heterocycles. The van der Waals surface area contributed by atoms with E-state index in [0.29, 0.717) is 17.0 Å². The van der Waals surface area contributed by atoms with E-state index in [4.69, 9.17) is 4.74 Å². The van der Waals surface area contributed by atoms with E-state index in [1.165, 1.54) is 0 Å². The number of hydrogen-bond acceptors (Lipinski definition) is 4. The van der Waals surface area contributed by atoms with Crippen LogP contribution in [0.4, 0.5) is 0 Å². The number of aromatic nitrogens is 1. The maximum absolute atomic E-state index is 12.7. The predicted octanol–water partition coefficient (Wildman–Crippen LogP) is 4.78. The van der Waals surface area contributed by atoms with E-state index in [0.717, 1.165) is 32.8 Å². The quantitative estimate of drug-likeness (QED) is 0.408. The molecule has 4 rings (SSSR count). The van der Waals surface area contributed by atoms with Crippen molar-refractivity contribution in [3.8, 4) is 5.75 Å². The molecule has 4 aromatic rings. The molecule has 0 fully saturated rings. The number of nitrogens with one attached hydrogen (secondary N) is 1. The van der Waals surface area contributed by atoms with Crippen LogP contribution in [-0.2, 0) is 0 Å². The maximum atomic E-state index is 12.7. The molecule has 1 heterocycles. The minimum Gasteiger partial charge on any atom is -0.496 e. The van der Waals surface area contributed by atoms with Crippen molar-refractivity contribution in [1.82, 2.24) is 10.4 Å². The van der Waals surface area contributed by atoms with Crippen LogP contribution in [0.3, 0.4) is 0 Å². The molecular formula is C24H21N3O2. The maximum Gasteiger partial charge on any atom is 0.273 e. The Labute approximate surface area is 169 Å². The van der Waals surface area contributed by atoms with Crippen LogP contribution in [0.5, 0.6) is 5.75 Å². The van der Waals surface area contributed by atoms with Crippen LogP contribution < -0.4 is 10.2 Å². The van der Waals surface area contributed by atoms with E-state index >= 15 is 0 Å². The summed E-state index contributed by atoms with van der Waals surface area (Å²) in [5.41, 5.74) is 6.59. The van der Waals surface area contributed by atoms with Gasteiger partial charge in [0, 0.05) is 10.9 Å². The normalized spacial score (nSPS) is 11.3. The lowest BCUT2D eigenvalue weighted by molar-refractivity contribution is 0.0954. The summed E-state index contributed by atoms with van der Waals surface area (Å²) in [5, 5.41) is 7.19. The number of carbonyl (C=O) groups excluding carboxylic acids is 1. The van der Waals surface area contributed by atoms with Gasteiger partial charge < -0.3 is 4.74 Å². The number of pyridine rings is 1. The molecule has 0 saturated heterocycles. The summed E-state index contributed by atoms with van der Waals surface area (Å²) in [7, 11) is 1.62. The highest BCUT2D eigenvalue weighted by atomic mass is 16.5. The Bertz CT molecular complexity index is 1260. The lowest BCUT2D eigenvalue weighted by Crippen LogP contribution is -2.19. The van der Waals surface area contributed by atoms with Crippen LogP contribution in [0.25, 0.3) is 21.7 Å². The number of fused-ring (bicyclic) bond motifs is 2.